The molecule has 0 radical (unpaired) electrons. The van der Waals surface area contributed by atoms with E-state index in [2.05, 4.69) is 10.4 Å². The van der Waals surface area contributed by atoms with Crippen molar-refractivity contribution in [3.63, 3.8) is 0 Å². The van der Waals surface area contributed by atoms with Crippen molar-refractivity contribution < 1.29 is 26.7 Å². The number of aromatic nitrogens is 2. The molecule has 3 rings (SSSR count). The third-order valence-corrected chi connectivity index (χ3v) is 8.76. The van der Waals surface area contributed by atoms with Gasteiger partial charge in [-0.05, 0) is 19.9 Å². The van der Waals surface area contributed by atoms with E-state index in [1.165, 1.54) is 12.4 Å². The van der Waals surface area contributed by atoms with Crippen LogP contribution in [0, 0.1) is 0 Å². The molecule has 1 amide bonds. The molecule has 2 aromatic heterocycles. The second-order valence-electron chi connectivity index (χ2n) is 6.67. The number of anilines is 1. The van der Waals surface area contributed by atoms with E-state index < -0.39 is 43.7 Å². The van der Waals surface area contributed by atoms with Gasteiger partial charge < -0.3 is 9.87 Å². The van der Waals surface area contributed by atoms with Crippen molar-refractivity contribution >= 4 is 44.9 Å². The van der Waals surface area contributed by atoms with E-state index in [0.29, 0.717) is 5.69 Å². The van der Waals surface area contributed by atoms with Gasteiger partial charge in [-0.15, -0.1) is 27.3 Å². The lowest BCUT2D eigenvalue weighted by molar-refractivity contribution is -0.141. The van der Waals surface area contributed by atoms with E-state index in [4.69, 9.17) is 0 Å². The van der Waals surface area contributed by atoms with E-state index in [9.17, 15) is 26.7 Å². The molecule has 2 aromatic rings. The number of hydrogen-bond acceptors (Lipinski definition) is 6. The van der Waals surface area contributed by atoms with Crippen molar-refractivity contribution in [1.82, 2.24) is 9.78 Å². The molecule has 3 atom stereocenters. The fourth-order valence-corrected chi connectivity index (χ4v) is 6.27. The van der Waals surface area contributed by atoms with Crippen LogP contribution in [0.1, 0.15) is 30.5 Å². The molecule has 0 saturated carbocycles. The summed E-state index contributed by atoms with van der Waals surface area (Å²) in [5.41, 5.74) is -0.447. The number of thiophene rings is 1. The number of hydrogen-bond donors (Lipinski definition) is 1. The van der Waals surface area contributed by atoms with Crippen LogP contribution >= 0.6 is 23.1 Å². The van der Waals surface area contributed by atoms with E-state index in [1.54, 1.807) is 31.4 Å². The Morgan fingerprint density at radius 3 is 2.62 bits per heavy atom. The summed E-state index contributed by atoms with van der Waals surface area (Å²) in [6.07, 6.45) is -1.31. The number of sulfone groups is 1. The van der Waals surface area contributed by atoms with Crippen molar-refractivity contribution in [2.75, 3.05) is 5.32 Å². The second-order valence-corrected chi connectivity index (χ2v) is 11.2. The summed E-state index contributed by atoms with van der Waals surface area (Å²) in [5.74, 6) is -0.439. The zero-order valence-corrected chi connectivity index (χ0v) is 18.0. The van der Waals surface area contributed by atoms with Gasteiger partial charge in [-0.3, -0.25) is 9.48 Å². The standard InChI is InChI=1S/C17H18F3N3O3S3/c1-9(2)29(25,26)14-8-27-7-10(14)21-16(24)13-5-4-12(28-13)11-6-15(17(18,19)20)22-23(11)3/h4-9,12-13H,1-3H3,(H-,21,24,25,26). The van der Waals surface area contributed by atoms with Crippen LogP contribution in [-0.4, -0.2) is 30.7 Å². The number of rotatable bonds is 5. The Bertz CT molecular complexity index is 997. The van der Waals surface area contributed by atoms with Gasteiger partial charge in [-0.2, -0.15) is 18.3 Å². The Kier molecular flexibility index (Phi) is 6.01. The number of carbonyl (C=O) groups excluding carboxylic acids is 1. The summed E-state index contributed by atoms with van der Waals surface area (Å²) >= 11 is 2.32. The van der Waals surface area contributed by atoms with Crippen LogP contribution in [0.25, 0.3) is 0 Å². The van der Waals surface area contributed by atoms with Crippen LogP contribution in [0.3, 0.4) is 0 Å². The normalized spacial score (nSPS) is 21.5. The smallest absolute Gasteiger partial charge is 0.435 e. The summed E-state index contributed by atoms with van der Waals surface area (Å²) in [6, 6.07) is 0.967. The number of carbonyl (C=O) groups is 1. The molecule has 0 fully saturated rings. The average Bonchev–Trinajstić information content (AvgIpc) is 3.32. The van der Waals surface area contributed by atoms with Crippen LogP contribution < -0.4 is 5.32 Å². The summed E-state index contributed by atoms with van der Waals surface area (Å²) in [4.78, 5) is 12.7. The molecule has 3 unspecified atom stereocenters. The topological polar surface area (TPSA) is 87.0 Å². The van der Waals surface area contributed by atoms with Gasteiger partial charge in [0.05, 0.1) is 21.2 Å². The third kappa shape index (κ3) is 4.44. The van der Waals surface area contributed by atoms with Crippen LogP contribution in [0.4, 0.5) is 18.9 Å². The second kappa shape index (κ2) is 7.89. The van der Waals surface area contributed by atoms with Crippen molar-refractivity contribution in [2.45, 2.75) is 40.7 Å². The number of halogens is 3. The highest BCUT2D eigenvalue weighted by Gasteiger charge is 2.37. The minimum absolute atomic E-state index is 0.0656. The Morgan fingerprint density at radius 2 is 2.03 bits per heavy atom. The van der Waals surface area contributed by atoms with E-state index >= 15 is 0 Å². The lowest BCUT2D eigenvalue weighted by atomic mass is 10.2. The molecule has 1 N–H and O–H groups in total. The van der Waals surface area contributed by atoms with Gasteiger partial charge in [0.15, 0.2) is 10.6 Å². The predicted molar refractivity (Wildman–Crippen MR) is 107 cm³/mol. The molecule has 0 aliphatic carbocycles. The molecule has 0 aromatic carbocycles. The summed E-state index contributed by atoms with van der Waals surface area (Å²) in [7, 11) is -2.13. The molecule has 158 valence electrons. The van der Waals surface area contributed by atoms with Crippen molar-refractivity contribution in [1.29, 1.82) is 0 Å². The highest BCUT2D eigenvalue weighted by molar-refractivity contribution is 8.01. The zero-order valence-electron chi connectivity index (χ0n) is 15.6. The fourth-order valence-electron chi connectivity index (χ4n) is 2.71. The van der Waals surface area contributed by atoms with Gasteiger partial charge in [-0.25, -0.2) is 0 Å². The highest BCUT2D eigenvalue weighted by Crippen LogP contribution is 2.42. The van der Waals surface area contributed by atoms with Crippen LogP contribution in [0.15, 0.2) is 33.9 Å². The van der Waals surface area contributed by atoms with Gasteiger partial charge in [0.2, 0.25) is 5.91 Å². The molecule has 0 bridgehead atoms. The van der Waals surface area contributed by atoms with E-state index in [1.807, 2.05) is 0 Å². The number of alkyl halides is 3. The van der Waals surface area contributed by atoms with Crippen molar-refractivity contribution in [2.24, 2.45) is 7.05 Å². The number of nitrogens with one attached hydrogen (secondary N) is 1. The van der Waals surface area contributed by atoms with Crippen molar-refractivity contribution in [3.05, 3.63) is 40.4 Å². The predicted octanol–water partition coefficient (Wildman–Crippen LogP) is 4.25. The third-order valence-electron chi connectivity index (χ3n) is 4.32. The zero-order chi connectivity index (χ0) is 21.6. The molecule has 1 aliphatic rings. The maximum Gasteiger partial charge on any atom is 0.435 e. The summed E-state index contributed by atoms with van der Waals surface area (Å²) in [5, 5.41) is 7.36. The first-order valence-electron chi connectivity index (χ1n) is 8.47. The molecule has 0 spiro atoms. The fraction of sp³-hybridized carbons (Fsp3) is 0.412. The monoisotopic (exact) mass is 465 g/mol. The number of nitrogens with zero attached hydrogens (tertiary/aromatic N) is 2. The van der Waals surface area contributed by atoms with Gasteiger partial charge in [0.1, 0.15) is 16.2 Å². The molecule has 3 heterocycles. The quantitative estimate of drug-likeness (QED) is 0.527. The maximum atomic E-state index is 12.9. The van der Waals surface area contributed by atoms with Crippen molar-refractivity contribution in [3.8, 4) is 0 Å². The average molecular weight is 466 g/mol. The summed E-state index contributed by atoms with van der Waals surface area (Å²) in [6.45, 7) is 3.11. The minimum Gasteiger partial charge on any atom is -0.610 e. The highest BCUT2D eigenvalue weighted by atomic mass is 32.3. The number of amides is 1. The first-order valence-corrected chi connectivity index (χ1v) is 11.9. The molecule has 12 heteroatoms. The summed E-state index contributed by atoms with van der Waals surface area (Å²) < 4.78 is 64.6. The number of aryl methyl sites for hydroxylation is 1. The Labute approximate surface area is 174 Å². The van der Waals surface area contributed by atoms with Gasteiger partial charge in [0, 0.05) is 17.8 Å². The van der Waals surface area contributed by atoms with Gasteiger partial charge in [-0.1, -0.05) is 12.2 Å². The molecular formula is C17H18F3N3O3S3. The first-order chi connectivity index (χ1) is 13.4. The largest absolute Gasteiger partial charge is 0.610 e. The SMILES string of the molecule is CC(C)[S+](=O)([O-])c1cscc1NC(=O)C1C=CC(c2cc(C(F)(F)F)nn2C)S1. The van der Waals surface area contributed by atoms with E-state index in [-0.39, 0.29) is 10.6 Å². The van der Waals surface area contributed by atoms with Crippen LogP contribution in [0.2, 0.25) is 0 Å². The van der Waals surface area contributed by atoms with Crippen LogP contribution in [0.5, 0.6) is 0 Å². The maximum absolute atomic E-state index is 12.9. The Hall–Kier alpha value is -1.63. The lowest BCUT2D eigenvalue weighted by Gasteiger charge is -2.19. The van der Waals surface area contributed by atoms with E-state index in [0.717, 1.165) is 33.8 Å². The first kappa shape index (κ1) is 22.1. The molecule has 29 heavy (non-hydrogen) atoms. The van der Waals surface area contributed by atoms with Crippen LogP contribution in [-0.2, 0) is 32.4 Å². The Balaban J connectivity index is 1.72. The van der Waals surface area contributed by atoms with Gasteiger partial charge in [0.25, 0.3) is 0 Å². The minimum atomic E-state index is -4.54. The van der Waals surface area contributed by atoms with Gasteiger partial charge >= 0.3 is 6.18 Å². The molecule has 6 nitrogen and oxygen atoms in total. The molecular weight excluding hydrogens is 447 g/mol. The lowest BCUT2D eigenvalue weighted by Crippen LogP contribution is -2.26. The number of thioether (sulfide) groups is 1. The Morgan fingerprint density at radius 1 is 1.34 bits per heavy atom. The molecule has 0 saturated heterocycles. The molecule has 1 aliphatic heterocycles.